The Labute approximate surface area is 134 Å². The molecule has 2 rings (SSSR count). The van der Waals surface area contributed by atoms with Crippen molar-refractivity contribution >= 4 is 11.6 Å². The maximum atomic E-state index is 12.8. The number of ether oxygens (including phenoxy) is 2. The largest absolute Gasteiger partial charge is 0.490 e. The normalized spacial score (nSPS) is 11.4. The van der Waals surface area contributed by atoms with Gasteiger partial charge in [0.2, 0.25) is 0 Å². The summed E-state index contributed by atoms with van der Waals surface area (Å²) >= 11 is 0. The van der Waals surface area contributed by atoms with E-state index < -0.39 is 6.10 Å². The van der Waals surface area contributed by atoms with Crippen molar-refractivity contribution in [2.75, 3.05) is 11.9 Å². The molecule has 0 aromatic heterocycles. The molecule has 0 bridgehead atoms. The van der Waals surface area contributed by atoms with Crippen LogP contribution in [0.5, 0.6) is 11.5 Å². The molecular formula is C18H18FNO3. The number of benzene rings is 2. The third-order valence-electron chi connectivity index (χ3n) is 2.99. The second kappa shape index (κ2) is 7.98. The van der Waals surface area contributed by atoms with Crippen LogP contribution < -0.4 is 14.8 Å². The first-order valence-corrected chi connectivity index (χ1v) is 7.15. The summed E-state index contributed by atoms with van der Waals surface area (Å²) in [7, 11) is 0. The van der Waals surface area contributed by atoms with Gasteiger partial charge in [-0.1, -0.05) is 12.7 Å². The topological polar surface area (TPSA) is 47.6 Å². The van der Waals surface area contributed by atoms with Gasteiger partial charge >= 0.3 is 0 Å². The van der Waals surface area contributed by atoms with Gasteiger partial charge in [0.15, 0.2) is 6.10 Å². The minimum Gasteiger partial charge on any atom is -0.490 e. The molecule has 0 fully saturated rings. The molecule has 2 aromatic rings. The van der Waals surface area contributed by atoms with E-state index in [9.17, 15) is 9.18 Å². The molecule has 120 valence electrons. The Balaban J connectivity index is 1.89. The molecule has 1 atom stereocenters. The number of rotatable bonds is 7. The maximum Gasteiger partial charge on any atom is 0.265 e. The second-order valence-electron chi connectivity index (χ2n) is 4.83. The number of nitrogens with one attached hydrogen (secondary N) is 1. The van der Waals surface area contributed by atoms with Gasteiger partial charge in [-0.25, -0.2) is 4.39 Å². The van der Waals surface area contributed by atoms with Crippen LogP contribution in [-0.2, 0) is 4.79 Å². The summed E-state index contributed by atoms with van der Waals surface area (Å²) in [4.78, 5) is 12.1. The molecule has 1 amide bonds. The number of carbonyl (C=O) groups excluding carboxylic acids is 1. The van der Waals surface area contributed by atoms with Crippen molar-refractivity contribution in [1.82, 2.24) is 0 Å². The third kappa shape index (κ3) is 5.14. The zero-order valence-corrected chi connectivity index (χ0v) is 12.8. The van der Waals surface area contributed by atoms with Crippen molar-refractivity contribution < 1.29 is 18.7 Å². The van der Waals surface area contributed by atoms with Crippen LogP contribution in [0, 0.1) is 5.82 Å². The van der Waals surface area contributed by atoms with Gasteiger partial charge in [-0.2, -0.15) is 0 Å². The van der Waals surface area contributed by atoms with E-state index in [1.807, 2.05) is 0 Å². The lowest BCUT2D eigenvalue weighted by Gasteiger charge is -2.15. The Morgan fingerprint density at radius 2 is 1.78 bits per heavy atom. The predicted octanol–water partition coefficient (Wildman–Crippen LogP) is 3.80. The van der Waals surface area contributed by atoms with Gasteiger partial charge in [-0.15, -0.1) is 0 Å². The highest BCUT2D eigenvalue weighted by Gasteiger charge is 2.15. The van der Waals surface area contributed by atoms with Crippen LogP contribution in [-0.4, -0.2) is 18.6 Å². The maximum absolute atomic E-state index is 12.8. The Hall–Kier alpha value is -2.82. The van der Waals surface area contributed by atoms with E-state index in [0.717, 1.165) is 0 Å². The van der Waals surface area contributed by atoms with Gasteiger partial charge in [-0.05, 0) is 55.5 Å². The number of hydrogen-bond acceptors (Lipinski definition) is 3. The van der Waals surface area contributed by atoms with Crippen molar-refractivity contribution in [1.29, 1.82) is 0 Å². The SMILES string of the molecule is C=CCOc1ccc(NC(=O)[C@H](C)Oc2ccc(F)cc2)cc1. The van der Waals surface area contributed by atoms with Crippen molar-refractivity contribution in [2.45, 2.75) is 13.0 Å². The van der Waals surface area contributed by atoms with Gasteiger partial charge in [0.05, 0.1) is 0 Å². The van der Waals surface area contributed by atoms with Gasteiger partial charge in [0.25, 0.3) is 5.91 Å². The third-order valence-corrected chi connectivity index (χ3v) is 2.99. The van der Waals surface area contributed by atoms with Crippen LogP contribution in [0.2, 0.25) is 0 Å². The van der Waals surface area contributed by atoms with E-state index >= 15 is 0 Å². The monoisotopic (exact) mass is 315 g/mol. The Bertz CT molecular complexity index is 653. The fourth-order valence-corrected chi connectivity index (χ4v) is 1.80. The number of amides is 1. The molecule has 1 N–H and O–H groups in total. The fourth-order valence-electron chi connectivity index (χ4n) is 1.80. The minimum absolute atomic E-state index is 0.297. The van der Waals surface area contributed by atoms with Crippen LogP contribution in [0.1, 0.15) is 6.92 Å². The lowest BCUT2D eigenvalue weighted by molar-refractivity contribution is -0.122. The molecular weight excluding hydrogens is 297 g/mol. The van der Waals surface area contributed by atoms with E-state index in [0.29, 0.717) is 23.8 Å². The molecule has 0 aliphatic rings. The second-order valence-corrected chi connectivity index (χ2v) is 4.83. The van der Waals surface area contributed by atoms with Gasteiger partial charge in [-0.3, -0.25) is 4.79 Å². The Morgan fingerprint density at radius 1 is 1.17 bits per heavy atom. The summed E-state index contributed by atoms with van der Waals surface area (Å²) in [5.74, 6) is 0.475. The smallest absolute Gasteiger partial charge is 0.265 e. The molecule has 5 heteroatoms. The quantitative estimate of drug-likeness (QED) is 0.791. The summed E-state index contributed by atoms with van der Waals surface area (Å²) in [5, 5.41) is 2.74. The average Bonchev–Trinajstić information content (AvgIpc) is 2.56. The average molecular weight is 315 g/mol. The molecule has 0 spiro atoms. The first kappa shape index (κ1) is 16.5. The highest BCUT2D eigenvalue weighted by Crippen LogP contribution is 2.17. The van der Waals surface area contributed by atoms with E-state index in [1.165, 1.54) is 24.3 Å². The molecule has 23 heavy (non-hydrogen) atoms. The summed E-state index contributed by atoms with van der Waals surface area (Å²) in [6, 6.07) is 12.5. The van der Waals surface area contributed by atoms with Gasteiger partial charge < -0.3 is 14.8 Å². The van der Waals surface area contributed by atoms with Crippen LogP contribution in [0.15, 0.2) is 61.2 Å². The van der Waals surface area contributed by atoms with Gasteiger partial charge in [0.1, 0.15) is 23.9 Å². The molecule has 4 nitrogen and oxygen atoms in total. The van der Waals surface area contributed by atoms with Crippen LogP contribution in [0.3, 0.4) is 0 Å². The standard InChI is InChI=1S/C18H18FNO3/c1-3-12-22-16-10-6-15(7-11-16)20-18(21)13(2)23-17-8-4-14(19)5-9-17/h3-11,13H,1,12H2,2H3,(H,20,21)/t13-/m0/s1. The first-order valence-electron chi connectivity index (χ1n) is 7.15. The zero-order valence-electron chi connectivity index (χ0n) is 12.8. The summed E-state index contributed by atoms with van der Waals surface area (Å²) in [6.07, 6.45) is 0.946. The lowest BCUT2D eigenvalue weighted by atomic mass is 10.2. The molecule has 0 aliphatic heterocycles. The molecule has 0 radical (unpaired) electrons. The van der Waals surface area contributed by atoms with E-state index in [1.54, 1.807) is 37.3 Å². The highest BCUT2D eigenvalue weighted by atomic mass is 19.1. The molecule has 0 aliphatic carbocycles. The number of anilines is 1. The molecule has 0 heterocycles. The number of carbonyl (C=O) groups is 1. The van der Waals surface area contributed by atoms with Crippen LogP contribution >= 0.6 is 0 Å². The summed E-state index contributed by atoms with van der Waals surface area (Å²) in [5.41, 5.74) is 0.635. The number of halogens is 1. The predicted molar refractivity (Wildman–Crippen MR) is 87.3 cm³/mol. The van der Waals surface area contributed by atoms with E-state index in [-0.39, 0.29) is 11.7 Å². The van der Waals surface area contributed by atoms with Crippen LogP contribution in [0.25, 0.3) is 0 Å². The van der Waals surface area contributed by atoms with Crippen molar-refractivity contribution in [2.24, 2.45) is 0 Å². The fraction of sp³-hybridized carbons (Fsp3) is 0.167. The van der Waals surface area contributed by atoms with Crippen molar-refractivity contribution in [3.63, 3.8) is 0 Å². The minimum atomic E-state index is -0.711. The number of hydrogen-bond donors (Lipinski definition) is 1. The zero-order chi connectivity index (χ0) is 16.7. The van der Waals surface area contributed by atoms with Crippen molar-refractivity contribution in [3.8, 4) is 11.5 Å². The molecule has 0 saturated carbocycles. The Kier molecular flexibility index (Phi) is 5.74. The summed E-state index contributed by atoms with van der Waals surface area (Å²) < 4.78 is 23.7. The van der Waals surface area contributed by atoms with E-state index in [2.05, 4.69) is 11.9 Å². The van der Waals surface area contributed by atoms with Crippen LogP contribution in [0.4, 0.5) is 10.1 Å². The van der Waals surface area contributed by atoms with Gasteiger partial charge in [0, 0.05) is 5.69 Å². The first-order chi connectivity index (χ1) is 11.1. The summed E-state index contributed by atoms with van der Waals surface area (Å²) in [6.45, 7) is 5.62. The highest BCUT2D eigenvalue weighted by molar-refractivity contribution is 5.94. The lowest BCUT2D eigenvalue weighted by Crippen LogP contribution is -2.30. The molecule has 0 saturated heterocycles. The Morgan fingerprint density at radius 3 is 2.39 bits per heavy atom. The van der Waals surface area contributed by atoms with Crippen molar-refractivity contribution in [3.05, 3.63) is 67.0 Å². The van der Waals surface area contributed by atoms with E-state index in [4.69, 9.17) is 9.47 Å². The molecule has 2 aromatic carbocycles. The molecule has 0 unspecified atom stereocenters.